The van der Waals surface area contributed by atoms with Gasteiger partial charge in [-0.05, 0) is 46.5 Å². The smallest absolute Gasteiger partial charge is 0.255 e. The Kier molecular flexibility index (Phi) is 4.63. The van der Waals surface area contributed by atoms with E-state index in [0.29, 0.717) is 12.0 Å². The van der Waals surface area contributed by atoms with Crippen LogP contribution in [-0.4, -0.2) is 36.5 Å². The molecule has 0 aliphatic carbocycles. The lowest BCUT2D eigenvalue weighted by Gasteiger charge is -2.36. The van der Waals surface area contributed by atoms with Gasteiger partial charge in [-0.1, -0.05) is 19.9 Å². The van der Waals surface area contributed by atoms with Crippen LogP contribution in [0.15, 0.2) is 22.7 Å². The maximum Gasteiger partial charge on any atom is 0.255 e. The number of benzene rings is 1. The highest BCUT2D eigenvalue weighted by Crippen LogP contribution is 2.21. The number of carbonyl (C=O) groups is 1. The fraction of sp³-hybridized carbons (Fsp3) is 0.533. The van der Waals surface area contributed by atoms with Gasteiger partial charge in [-0.25, -0.2) is 0 Å². The van der Waals surface area contributed by atoms with Gasteiger partial charge < -0.3 is 10.2 Å². The highest BCUT2D eigenvalue weighted by molar-refractivity contribution is 9.10. The van der Waals surface area contributed by atoms with Crippen LogP contribution in [0.2, 0.25) is 0 Å². The molecule has 3 nitrogen and oxygen atoms in total. The quantitative estimate of drug-likeness (QED) is 0.907. The van der Waals surface area contributed by atoms with Gasteiger partial charge in [0.1, 0.15) is 0 Å². The molecule has 0 unspecified atom stereocenters. The number of amides is 1. The van der Waals surface area contributed by atoms with Crippen molar-refractivity contribution >= 4 is 21.8 Å². The van der Waals surface area contributed by atoms with Crippen LogP contribution in [0.25, 0.3) is 0 Å². The van der Waals surface area contributed by atoms with Crippen LogP contribution in [0.3, 0.4) is 0 Å². The van der Waals surface area contributed by atoms with Gasteiger partial charge in [-0.2, -0.15) is 0 Å². The number of nitrogens with zero attached hydrogens (tertiary/aromatic N) is 1. The van der Waals surface area contributed by atoms with Crippen molar-refractivity contribution in [1.29, 1.82) is 0 Å². The topological polar surface area (TPSA) is 32.3 Å². The molecule has 1 aromatic rings. The lowest BCUT2D eigenvalue weighted by molar-refractivity contribution is 0.0683. The molecule has 1 saturated heterocycles. The molecule has 0 bridgehead atoms. The average Bonchev–Trinajstić information content (AvgIpc) is 2.38. The van der Waals surface area contributed by atoms with Crippen LogP contribution in [0.5, 0.6) is 0 Å². The summed E-state index contributed by atoms with van der Waals surface area (Å²) in [6.45, 7) is 8.84. The molecule has 0 radical (unpaired) electrons. The Morgan fingerprint density at radius 1 is 1.47 bits per heavy atom. The van der Waals surface area contributed by atoms with Crippen LogP contribution in [-0.2, 0) is 0 Å². The van der Waals surface area contributed by atoms with Crippen molar-refractivity contribution in [3.05, 3.63) is 33.8 Å². The van der Waals surface area contributed by atoms with Crippen molar-refractivity contribution in [3.8, 4) is 0 Å². The Morgan fingerprint density at radius 3 is 2.84 bits per heavy atom. The SMILES string of the molecule is Cc1ccc(C(=O)N2CCN[C@@H](C(C)C)C2)c(Br)c1. The molecular weight excluding hydrogens is 304 g/mol. The van der Waals surface area contributed by atoms with Crippen LogP contribution >= 0.6 is 15.9 Å². The third-order valence-electron chi connectivity index (χ3n) is 3.65. The van der Waals surface area contributed by atoms with E-state index in [0.717, 1.165) is 35.2 Å². The molecule has 1 aliphatic heterocycles. The normalized spacial score (nSPS) is 19.8. The number of nitrogens with one attached hydrogen (secondary N) is 1. The van der Waals surface area contributed by atoms with Crippen LogP contribution in [0, 0.1) is 12.8 Å². The third kappa shape index (κ3) is 3.37. The van der Waals surface area contributed by atoms with Gasteiger partial charge in [0, 0.05) is 30.1 Å². The van der Waals surface area contributed by atoms with Gasteiger partial charge in [-0.3, -0.25) is 4.79 Å². The highest BCUT2D eigenvalue weighted by Gasteiger charge is 2.26. The molecule has 1 aromatic carbocycles. The average molecular weight is 325 g/mol. The molecular formula is C15H21BrN2O. The van der Waals surface area contributed by atoms with E-state index in [9.17, 15) is 4.79 Å². The van der Waals surface area contributed by atoms with Gasteiger partial charge in [0.25, 0.3) is 5.91 Å². The van der Waals surface area contributed by atoms with Crippen molar-refractivity contribution in [1.82, 2.24) is 10.2 Å². The summed E-state index contributed by atoms with van der Waals surface area (Å²) in [6.07, 6.45) is 0. The first kappa shape index (κ1) is 14.5. The van der Waals surface area contributed by atoms with Crippen molar-refractivity contribution < 1.29 is 4.79 Å². The second-order valence-electron chi connectivity index (χ2n) is 5.54. The zero-order valence-corrected chi connectivity index (χ0v) is 13.3. The first-order valence-corrected chi connectivity index (χ1v) is 7.57. The number of hydrogen-bond acceptors (Lipinski definition) is 2. The summed E-state index contributed by atoms with van der Waals surface area (Å²) >= 11 is 3.50. The minimum absolute atomic E-state index is 0.124. The largest absolute Gasteiger partial charge is 0.336 e. The fourth-order valence-corrected chi connectivity index (χ4v) is 3.04. The summed E-state index contributed by atoms with van der Waals surface area (Å²) in [5.41, 5.74) is 1.92. The summed E-state index contributed by atoms with van der Waals surface area (Å²) in [7, 11) is 0. The Labute approximate surface area is 123 Å². The number of hydrogen-bond donors (Lipinski definition) is 1. The summed E-state index contributed by atoms with van der Waals surface area (Å²) in [5.74, 6) is 0.663. The maximum absolute atomic E-state index is 12.6. The zero-order chi connectivity index (χ0) is 14.0. The Morgan fingerprint density at radius 2 is 2.21 bits per heavy atom. The lowest BCUT2D eigenvalue weighted by atomic mass is 10.0. The van der Waals surface area contributed by atoms with Crippen molar-refractivity contribution in [3.63, 3.8) is 0 Å². The molecule has 1 N–H and O–H groups in total. The monoisotopic (exact) mass is 324 g/mol. The van der Waals surface area contributed by atoms with E-state index in [4.69, 9.17) is 0 Å². The molecule has 0 aromatic heterocycles. The molecule has 1 atom stereocenters. The molecule has 1 heterocycles. The summed E-state index contributed by atoms with van der Waals surface area (Å²) in [4.78, 5) is 14.5. The van der Waals surface area contributed by atoms with E-state index in [-0.39, 0.29) is 5.91 Å². The number of piperazine rings is 1. The molecule has 1 fully saturated rings. The van der Waals surface area contributed by atoms with Gasteiger partial charge in [0.05, 0.1) is 5.56 Å². The Hall–Kier alpha value is -0.870. The Balaban J connectivity index is 2.15. The minimum atomic E-state index is 0.124. The predicted molar refractivity (Wildman–Crippen MR) is 81.4 cm³/mol. The van der Waals surface area contributed by atoms with E-state index in [2.05, 4.69) is 35.1 Å². The van der Waals surface area contributed by atoms with E-state index >= 15 is 0 Å². The summed E-state index contributed by atoms with van der Waals surface area (Å²) in [5, 5.41) is 3.47. The standard InChI is InChI=1S/C15H21BrN2O/c1-10(2)14-9-18(7-6-17-14)15(19)12-5-4-11(3)8-13(12)16/h4-5,8,10,14,17H,6-7,9H2,1-3H3/t14-/m1/s1. The first-order valence-electron chi connectivity index (χ1n) is 6.78. The van der Waals surface area contributed by atoms with E-state index in [1.165, 1.54) is 0 Å². The number of aryl methyl sites for hydroxylation is 1. The first-order chi connectivity index (χ1) is 8.99. The summed E-state index contributed by atoms with van der Waals surface area (Å²) < 4.78 is 0.886. The van der Waals surface area contributed by atoms with Crippen LogP contribution in [0.4, 0.5) is 0 Å². The number of rotatable bonds is 2. The second kappa shape index (κ2) is 6.06. The van der Waals surface area contributed by atoms with Crippen LogP contribution < -0.4 is 5.32 Å². The second-order valence-corrected chi connectivity index (χ2v) is 6.39. The maximum atomic E-state index is 12.6. The molecule has 0 spiro atoms. The molecule has 1 aliphatic rings. The lowest BCUT2D eigenvalue weighted by Crippen LogP contribution is -2.54. The molecule has 104 valence electrons. The third-order valence-corrected chi connectivity index (χ3v) is 4.31. The number of carbonyl (C=O) groups excluding carboxylic acids is 1. The van der Waals surface area contributed by atoms with Gasteiger partial charge in [-0.15, -0.1) is 0 Å². The van der Waals surface area contributed by atoms with E-state index in [1.54, 1.807) is 0 Å². The fourth-order valence-electron chi connectivity index (χ4n) is 2.37. The minimum Gasteiger partial charge on any atom is -0.336 e. The molecule has 1 amide bonds. The molecule has 2 rings (SSSR count). The molecule has 19 heavy (non-hydrogen) atoms. The van der Waals surface area contributed by atoms with Gasteiger partial charge >= 0.3 is 0 Å². The summed E-state index contributed by atoms with van der Waals surface area (Å²) in [6, 6.07) is 6.28. The Bertz CT molecular complexity index is 473. The predicted octanol–water partition coefficient (Wildman–Crippen LogP) is 2.83. The number of halogens is 1. The molecule has 0 saturated carbocycles. The van der Waals surface area contributed by atoms with Crippen molar-refractivity contribution in [2.75, 3.05) is 19.6 Å². The van der Waals surface area contributed by atoms with Crippen LogP contribution in [0.1, 0.15) is 29.8 Å². The highest BCUT2D eigenvalue weighted by atomic mass is 79.9. The van der Waals surface area contributed by atoms with Gasteiger partial charge in [0.15, 0.2) is 0 Å². The van der Waals surface area contributed by atoms with E-state index < -0.39 is 0 Å². The van der Waals surface area contributed by atoms with Gasteiger partial charge in [0.2, 0.25) is 0 Å². The van der Waals surface area contributed by atoms with E-state index in [1.807, 2.05) is 30.0 Å². The molecule has 4 heteroatoms. The zero-order valence-electron chi connectivity index (χ0n) is 11.7. The van der Waals surface area contributed by atoms with Crippen molar-refractivity contribution in [2.24, 2.45) is 5.92 Å². The van der Waals surface area contributed by atoms with Crippen molar-refractivity contribution in [2.45, 2.75) is 26.8 Å².